The van der Waals surface area contributed by atoms with Crippen molar-refractivity contribution in [3.05, 3.63) is 74.9 Å². The van der Waals surface area contributed by atoms with Crippen LogP contribution in [-0.2, 0) is 21.1 Å². The first-order valence-electron chi connectivity index (χ1n) is 8.91. The zero-order valence-electron chi connectivity index (χ0n) is 15.1. The summed E-state index contributed by atoms with van der Waals surface area (Å²) in [5.74, 6) is -0.322. The van der Waals surface area contributed by atoms with Gasteiger partial charge in [-0.2, -0.15) is 0 Å². The zero-order chi connectivity index (χ0) is 19.9. The number of hydrogen-bond donors (Lipinski definition) is 1. The van der Waals surface area contributed by atoms with Gasteiger partial charge in [0.1, 0.15) is 4.90 Å². The topological polar surface area (TPSA) is 63.2 Å². The third kappa shape index (κ3) is 3.36. The van der Waals surface area contributed by atoms with Crippen molar-refractivity contribution in [1.29, 1.82) is 0 Å². The van der Waals surface area contributed by atoms with Crippen molar-refractivity contribution in [3.8, 4) is 0 Å². The third-order valence-corrected chi connectivity index (χ3v) is 8.25. The summed E-state index contributed by atoms with van der Waals surface area (Å²) in [7, 11) is -3.76. The molecule has 2 heterocycles. The Morgan fingerprint density at radius 1 is 1.11 bits per heavy atom. The molecule has 0 fully saturated rings. The van der Waals surface area contributed by atoms with Gasteiger partial charge in [-0.15, -0.1) is 11.3 Å². The first-order valence-corrected chi connectivity index (χ1v) is 11.6. The van der Waals surface area contributed by atoms with Gasteiger partial charge in [0.05, 0.1) is 10.6 Å². The van der Waals surface area contributed by atoms with Gasteiger partial charge in [-0.25, -0.2) is 8.42 Å². The standard InChI is InChI=1S/C21H18ClNO3S2/c1-2-13-3-5-14(6-4-13)17-11-19(24)23-20-18(12-27-21(17)20)28(25,26)16-9-7-15(22)8-10-16/h3-10,12,17H,2,11H2,1H3,(H,23,24)/t17-/m1/s1. The maximum Gasteiger partial charge on any atom is 0.225 e. The van der Waals surface area contributed by atoms with Crippen LogP contribution in [0.2, 0.25) is 5.02 Å². The number of carbonyl (C=O) groups is 1. The number of sulfone groups is 1. The van der Waals surface area contributed by atoms with E-state index >= 15 is 0 Å². The molecule has 4 rings (SSSR count). The molecular weight excluding hydrogens is 414 g/mol. The molecular formula is C21H18ClNO3S2. The molecule has 1 aliphatic rings. The summed E-state index contributed by atoms with van der Waals surface area (Å²) in [4.78, 5) is 13.5. The van der Waals surface area contributed by atoms with Gasteiger partial charge < -0.3 is 5.32 Å². The summed E-state index contributed by atoms with van der Waals surface area (Å²) in [6.45, 7) is 2.09. The lowest BCUT2D eigenvalue weighted by Crippen LogP contribution is -2.23. The summed E-state index contributed by atoms with van der Waals surface area (Å²) in [5, 5.41) is 4.87. The molecule has 0 unspecified atom stereocenters. The lowest BCUT2D eigenvalue weighted by atomic mass is 9.90. The Kier molecular flexibility index (Phi) is 5.04. The predicted octanol–water partition coefficient (Wildman–Crippen LogP) is 5.27. The number of fused-ring (bicyclic) bond motifs is 1. The van der Waals surface area contributed by atoms with Gasteiger partial charge in [0.25, 0.3) is 0 Å². The van der Waals surface area contributed by atoms with E-state index in [0.29, 0.717) is 17.1 Å². The summed E-state index contributed by atoms with van der Waals surface area (Å²) >= 11 is 7.25. The number of carbonyl (C=O) groups excluding carboxylic acids is 1. The number of nitrogens with one attached hydrogen (secondary N) is 1. The highest BCUT2D eigenvalue weighted by Crippen LogP contribution is 2.45. The van der Waals surface area contributed by atoms with Gasteiger partial charge >= 0.3 is 0 Å². The van der Waals surface area contributed by atoms with E-state index in [9.17, 15) is 13.2 Å². The van der Waals surface area contributed by atoms with E-state index in [-0.39, 0.29) is 21.6 Å². The summed E-state index contributed by atoms with van der Waals surface area (Å²) < 4.78 is 26.2. The number of thiophene rings is 1. The second-order valence-corrected chi connectivity index (χ2v) is 9.96. The average Bonchev–Trinajstić information content (AvgIpc) is 3.12. The van der Waals surface area contributed by atoms with E-state index in [2.05, 4.69) is 24.4 Å². The minimum atomic E-state index is -3.76. The zero-order valence-corrected chi connectivity index (χ0v) is 17.5. The molecule has 1 aromatic heterocycles. The van der Waals surface area contributed by atoms with Crippen LogP contribution < -0.4 is 5.32 Å². The Morgan fingerprint density at radius 2 is 1.79 bits per heavy atom. The van der Waals surface area contributed by atoms with Crippen molar-refractivity contribution >= 4 is 44.4 Å². The number of hydrogen-bond acceptors (Lipinski definition) is 4. The van der Waals surface area contributed by atoms with Crippen molar-refractivity contribution < 1.29 is 13.2 Å². The highest BCUT2D eigenvalue weighted by Gasteiger charge is 2.34. The molecule has 0 aliphatic carbocycles. The quantitative estimate of drug-likeness (QED) is 0.611. The molecule has 0 saturated heterocycles. The SMILES string of the molecule is CCc1ccc([C@H]2CC(=O)Nc3c(S(=O)(=O)c4ccc(Cl)cc4)csc32)cc1. The molecule has 1 N–H and O–H groups in total. The van der Waals surface area contributed by atoms with E-state index < -0.39 is 9.84 Å². The summed E-state index contributed by atoms with van der Waals surface area (Å²) in [5.41, 5.74) is 2.65. The lowest BCUT2D eigenvalue weighted by molar-refractivity contribution is -0.116. The minimum absolute atomic E-state index is 0.137. The van der Waals surface area contributed by atoms with E-state index in [0.717, 1.165) is 16.9 Å². The Morgan fingerprint density at radius 3 is 2.43 bits per heavy atom. The monoisotopic (exact) mass is 431 g/mol. The van der Waals surface area contributed by atoms with E-state index in [1.165, 1.54) is 29.0 Å². The number of benzene rings is 2. The van der Waals surface area contributed by atoms with Gasteiger partial charge in [-0.3, -0.25) is 4.79 Å². The number of halogens is 1. The molecule has 28 heavy (non-hydrogen) atoms. The summed E-state index contributed by atoms with van der Waals surface area (Å²) in [6, 6.07) is 14.2. The van der Waals surface area contributed by atoms with Crippen molar-refractivity contribution in [2.24, 2.45) is 0 Å². The van der Waals surface area contributed by atoms with E-state index in [1.54, 1.807) is 17.5 Å². The Balaban J connectivity index is 1.79. The maximum atomic E-state index is 13.1. The van der Waals surface area contributed by atoms with Gasteiger partial charge in [0, 0.05) is 27.6 Å². The summed E-state index contributed by atoms with van der Waals surface area (Å²) in [6.07, 6.45) is 1.25. The van der Waals surface area contributed by atoms with Gasteiger partial charge in [0.15, 0.2) is 0 Å². The van der Waals surface area contributed by atoms with Crippen LogP contribution in [0.25, 0.3) is 0 Å². The van der Waals surface area contributed by atoms with Crippen molar-refractivity contribution in [2.45, 2.75) is 35.5 Å². The maximum absolute atomic E-state index is 13.1. The Labute approximate surface area is 173 Å². The molecule has 7 heteroatoms. The second-order valence-electron chi connectivity index (χ2n) is 6.70. The first-order chi connectivity index (χ1) is 13.4. The van der Waals surface area contributed by atoms with Crippen molar-refractivity contribution in [2.75, 3.05) is 5.32 Å². The second kappa shape index (κ2) is 7.35. The molecule has 0 bridgehead atoms. The average molecular weight is 432 g/mol. The van der Waals surface area contributed by atoms with Crippen LogP contribution in [0.4, 0.5) is 5.69 Å². The van der Waals surface area contributed by atoms with Gasteiger partial charge in [0.2, 0.25) is 15.7 Å². The number of aryl methyl sites for hydroxylation is 1. The molecule has 1 amide bonds. The third-order valence-electron chi connectivity index (χ3n) is 4.96. The van der Waals surface area contributed by atoms with Gasteiger partial charge in [-0.1, -0.05) is 42.8 Å². The van der Waals surface area contributed by atoms with Crippen molar-refractivity contribution in [3.63, 3.8) is 0 Å². The fourth-order valence-corrected chi connectivity index (χ4v) is 6.43. The molecule has 1 aliphatic heterocycles. The molecule has 2 aromatic carbocycles. The van der Waals surface area contributed by atoms with Crippen LogP contribution in [0.1, 0.15) is 35.3 Å². The van der Waals surface area contributed by atoms with Crippen LogP contribution in [0, 0.1) is 0 Å². The first kappa shape index (κ1) is 19.2. The smallest absolute Gasteiger partial charge is 0.225 e. The van der Waals surface area contributed by atoms with E-state index in [1.807, 2.05) is 12.1 Å². The number of rotatable bonds is 4. The normalized spacial score (nSPS) is 16.5. The van der Waals surface area contributed by atoms with Gasteiger partial charge in [-0.05, 0) is 41.8 Å². The van der Waals surface area contributed by atoms with E-state index in [4.69, 9.17) is 11.6 Å². The highest BCUT2D eigenvalue weighted by molar-refractivity contribution is 7.91. The molecule has 0 radical (unpaired) electrons. The number of anilines is 1. The predicted molar refractivity (Wildman–Crippen MR) is 112 cm³/mol. The molecule has 3 aromatic rings. The fourth-order valence-electron chi connectivity index (χ4n) is 3.40. The lowest BCUT2D eigenvalue weighted by Gasteiger charge is -2.24. The largest absolute Gasteiger partial charge is 0.324 e. The number of amides is 1. The van der Waals surface area contributed by atoms with Crippen LogP contribution >= 0.6 is 22.9 Å². The fraction of sp³-hybridized carbons (Fsp3) is 0.190. The highest BCUT2D eigenvalue weighted by atomic mass is 35.5. The molecule has 0 spiro atoms. The van der Waals surface area contributed by atoms with Crippen LogP contribution in [0.3, 0.4) is 0 Å². The van der Waals surface area contributed by atoms with Crippen LogP contribution in [0.5, 0.6) is 0 Å². The Hall–Kier alpha value is -2.15. The molecule has 0 saturated carbocycles. The Bertz CT molecular complexity index is 1130. The molecule has 4 nitrogen and oxygen atoms in total. The van der Waals surface area contributed by atoms with Crippen molar-refractivity contribution in [1.82, 2.24) is 0 Å². The van der Waals surface area contributed by atoms with Crippen LogP contribution in [0.15, 0.2) is 63.7 Å². The molecule has 144 valence electrons. The van der Waals surface area contributed by atoms with Crippen LogP contribution in [-0.4, -0.2) is 14.3 Å². The molecule has 1 atom stereocenters. The minimum Gasteiger partial charge on any atom is -0.324 e.